The molecule has 2 heterocycles. The lowest BCUT2D eigenvalue weighted by molar-refractivity contribution is -0.140. The zero-order valence-corrected chi connectivity index (χ0v) is 11.3. The number of aromatic nitrogens is 2. The Balaban J connectivity index is 1.94. The quantitative estimate of drug-likeness (QED) is 0.701. The maximum atomic E-state index is 12.8. The molecule has 3 aromatic rings. The topological polar surface area (TPSA) is 40.7 Å². The molecule has 0 spiro atoms. The first-order valence-electron chi connectivity index (χ1n) is 6.01. The predicted molar refractivity (Wildman–Crippen MR) is 75.8 cm³/mol. The number of nitrogens with one attached hydrogen (secondary N) is 2. The zero-order valence-electron chi connectivity index (χ0n) is 10.5. The van der Waals surface area contributed by atoms with E-state index < -0.39 is 16.9 Å². The molecular weight excluding hydrogens is 303 g/mol. The van der Waals surface area contributed by atoms with Gasteiger partial charge in [0.1, 0.15) is 5.82 Å². The summed E-state index contributed by atoms with van der Waals surface area (Å²) in [5, 5.41) is 3.37. The van der Waals surface area contributed by atoms with Crippen molar-refractivity contribution in [2.75, 3.05) is 5.32 Å². The number of pyridine rings is 1. The fraction of sp³-hybridized carbons (Fsp3) is 0.0714. The van der Waals surface area contributed by atoms with Gasteiger partial charge >= 0.3 is 6.18 Å². The summed E-state index contributed by atoms with van der Waals surface area (Å²) in [5.41, 5.74) is 0.488. The number of halogens is 4. The van der Waals surface area contributed by atoms with Crippen LogP contribution in [0.15, 0.2) is 42.6 Å². The fourth-order valence-corrected chi connectivity index (χ4v) is 2.20. The highest BCUT2D eigenvalue weighted by molar-refractivity contribution is 6.31. The van der Waals surface area contributed by atoms with Crippen LogP contribution in [0, 0.1) is 0 Å². The van der Waals surface area contributed by atoms with Gasteiger partial charge in [0.05, 0.1) is 5.02 Å². The summed E-state index contributed by atoms with van der Waals surface area (Å²) in [4.78, 5) is 6.57. The first-order valence-corrected chi connectivity index (χ1v) is 6.39. The van der Waals surface area contributed by atoms with Gasteiger partial charge in [0.2, 0.25) is 0 Å². The summed E-state index contributed by atoms with van der Waals surface area (Å²) in [5.74, 6) is 0.0848. The van der Waals surface area contributed by atoms with Crippen molar-refractivity contribution >= 4 is 34.0 Å². The molecule has 0 saturated carbocycles. The standard InChI is InChI=1S/C14H9ClF3N3/c15-10-2-4-12(21-13(10)14(16,17)18)20-9-1-3-11-8(7-9)5-6-19-11/h1-7,19H,(H,20,21). The Morgan fingerprint density at radius 3 is 2.67 bits per heavy atom. The molecule has 21 heavy (non-hydrogen) atoms. The normalized spacial score (nSPS) is 11.8. The van der Waals surface area contributed by atoms with Crippen LogP contribution in [-0.2, 0) is 6.18 Å². The molecule has 0 saturated heterocycles. The minimum atomic E-state index is -4.58. The second kappa shape index (κ2) is 4.96. The average molecular weight is 312 g/mol. The van der Waals surface area contributed by atoms with Crippen molar-refractivity contribution in [3.05, 3.63) is 53.3 Å². The number of rotatable bonds is 2. The number of nitrogens with zero attached hydrogens (tertiary/aromatic N) is 1. The maximum Gasteiger partial charge on any atom is 0.434 e. The van der Waals surface area contributed by atoms with Crippen LogP contribution in [0.1, 0.15) is 5.69 Å². The smallest absolute Gasteiger partial charge is 0.361 e. The number of anilines is 2. The lowest BCUT2D eigenvalue weighted by Crippen LogP contribution is -2.10. The van der Waals surface area contributed by atoms with Crippen molar-refractivity contribution in [3.8, 4) is 0 Å². The summed E-state index contributed by atoms with van der Waals surface area (Å²) < 4.78 is 38.3. The van der Waals surface area contributed by atoms with E-state index in [0.717, 1.165) is 10.9 Å². The molecule has 0 aliphatic carbocycles. The van der Waals surface area contributed by atoms with Crippen molar-refractivity contribution in [1.29, 1.82) is 0 Å². The van der Waals surface area contributed by atoms with Crippen LogP contribution in [0.3, 0.4) is 0 Å². The molecule has 3 nitrogen and oxygen atoms in total. The van der Waals surface area contributed by atoms with Gasteiger partial charge in [-0.05, 0) is 36.4 Å². The molecule has 0 atom stereocenters. The van der Waals surface area contributed by atoms with Gasteiger partial charge in [0, 0.05) is 22.8 Å². The molecule has 0 aliphatic rings. The molecule has 0 radical (unpaired) electrons. The van der Waals surface area contributed by atoms with Crippen LogP contribution in [0.5, 0.6) is 0 Å². The van der Waals surface area contributed by atoms with Gasteiger partial charge in [-0.1, -0.05) is 11.6 Å². The first-order chi connectivity index (χ1) is 9.93. The van der Waals surface area contributed by atoms with E-state index in [9.17, 15) is 13.2 Å². The van der Waals surface area contributed by atoms with Gasteiger partial charge in [-0.3, -0.25) is 0 Å². The summed E-state index contributed by atoms with van der Waals surface area (Å²) >= 11 is 5.53. The zero-order chi connectivity index (χ0) is 15.0. The van der Waals surface area contributed by atoms with Gasteiger partial charge in [-0.2, -0.15) is 13.2 Å². The molecule has 2 N–H and O–H groups in total. The Labute approximate surface area is 122 Å². The molecule has 0 unspecified atom stereocenters. The number of hydrogen-bond acceptors (Lipinski definition) is 2. The van der Waals surface area contributed by atoms with Crippen molar-refractivity contribution in [3.63, 3.8) is 0 Å². The maximum absolute atomic E-state index is 12.8. The monoisotopic (exact) mass is 311 g/mol. The van der Waals surface area contributed by atoms with E-state index in [1.807, 2.05) is 18.2 Å². The highest BCUT2D eigenvalue weighted by Gasteiger charge is 2.35. The third-order valence-corrected chi connectivity index (χ3v) is 3.25. The Bertz CT molecular complexity index is 796. The minimum Gasteiger partial charge on any atom is -0.361 e. The van der Waals surface area contributed by atoms with Gasteiger partial charge in [0.25, 0.3) is 0 Å². The van der Waals surface area contributed by atoms with E-state index in [4.69, 9.17) is 11.6 Å². The van der Waals surface area contributed by atoms with Gasteiger partial charge in [-0.25, -0.2) is 4.98 Å². The molecule has 0 amide bonds. The molecule has 0 bridgehead atoms. The van der Waals surface area contributed by atoms with E-state index in [2.05, 4.69) is 15.3 Å². The third-order valence-electron chi connectivity index (χ3n) is 2.94. The number of benzene rings is 1. The van der Waals surface area contributed by atoms with E-state index in [0.29, 0.717) is 5.69 Å². The number of H-pyrrole nitrogens is 1. The van der Waals surface area contributed by atoms with E-state index >= 15 is 0 Å². The molecule has 0 fully saturated rings. The highest BCUT2D eigenvalue weighted by atomic mass is 35.5. The highest BCUT2D eigenvalue weighted by Crippen LogP contribution is 2.34. The van der Waals surface area contributed by atoms with Crippen LogP contribution in [0.25, 0.3) is 10.9 Å². The van der Waals surface area contributed by atoms with E-state index in [1.54, 1.807) is 12.3 Å². The van der Waals surface area contributed by atoms with Crippen molar-refractivity contribution in [2.24, 2.45) is 0 Å². The van der Waals surface area contributed by atoms with Crippen LogP contribution in [-0.4, -0.2) is 9.97 Å². The summed E-state index contributed by atoms with van der Waals surface area (Å²) in [6.45, 7) is 0. The van der Waals surface area contributed by atoms with Gasteiger partial charge < -0.3 is 10.3 Å². The number of aromatic amines is 1. The number of hydrogen-bond donors (Lipinski definition) is 2. The lowest BCUT2D eigenvalue weighted by Gasteiger charge is -2.11. The summed E-state index contributed by atoms with van der Waals surface area (Å²) in [6, 6.07) is 9.85. The number of alkyl halides is 3. The van der Waals surface area contributed by atoms with E-state index in [-0.39, 0.29) is 5.82 Å². The van der Waals surface area contributed by atoms with Crippen LogP contribution < -0.4 is 5.32 Å². The Morgan fingerprint density at radius 1 is 1.10 bits per heavy atom. The third kappa shape index (κ3) is 2.80. The van der Waals surface area contributed by atoms with Crippen molar-refractivity contribution in [2.45, 2.75) is 6.18 Å². The minimum absolute atomic E-state index is 0.0848. The molecule has 108 valence electrons. The Hall–Kier alpha value is -2.21. The lowest BCUT2D eigenvalue weighted by atomic mass is 10.2. The van der Waals surface area contributed by atoms with Gasteiger partial charge in [0.15, 0.2) is 5.69 Å². The predicted octanol–water partition coefficient (Wildman–Crippen LogP) is 4.98. The fourth-order valence-electron chi connectivity index (χ4n) is 1.99. The molecule has 3 rings (SSSR count). The van der Waals surface area contributed by atoms with Crippen LogP contribution in [0.4, 0.5) is 24.7 Å². The van der Waals surface area contributed by atoms with Gasteiger partial charge in [-0.15, -0.1) is 0 Å². The number of fused-ring (bicyclic) bond motifs is 1. The van der Waals surface area contributed by atoms with Crippen LogP contribution >= 0.6 is 11.6 Å². The second-order valence-electron chi connectivity index (χ2n) is 4.43. The summed E-state index contributed by atoms with van der Waals surface area (Å²) in [7, 11) is 0. The first kappa shape index (κ1) is 13.8. The second-order valence-corrected chi connectivity index (χ2v) is 4.84. The van der Waals surface area contributed by atoms with Crippen molar-refractivity contribution < 1.29 is 13.2 Å². The SMILES string of the molecule is FC(F)(F)c1nc(Nc2ccc3[nH]ccc3c2)ccc1Cl. The molecule has 7 heteroatoms. The average Bonchev–Trinajstić information content (AvgIpc) is 2.87. The molecule has 2 aromatic heterocycles. The Morgan fingerprint density at radius 2 is 1.90 bits per heavy atom. The largest absolute Gasteiger partial charge is 0.434 e. The van der Waals surface area contributed by atoms with Crippen molar-refractivity contribution in [1.82, 2.24) is 9.97 Å². The van der Waals surface area contributed by atoms with Crippen LogP contribution in [0.2, 0.25) is 5.02 Å². The molecule has 0 aliphatic heterocycles. The summed E-state index contributed by atoms with van der Waals surface area (Å²) in [6.07, 6.45) is -2.80. The molecule has 1 aromatic carbocycles. The molecular formula is C14H9ClF3N3. The Kier molecular flexibility index (Phi) is 3.25. The van der Waals surface area contributed by atoms with E-state index in [1.165, 1.54) is 12.1 Å².